The second kappa shape index (κ2) is 10.1. The molecule has 0 saturated carbocycles. The summed E-state index contributed by atoms with van der Waals surface area (Å²) in [5, 5.41) is 2.62. The Balaban J connectivity index is 3.82. The highest BCUT2D eigenvalue weighted by atomic mass is 32.9. The molecule has 0 unspecified atom stereocenters. The third-order valence-corrected chi connectivity index (χ3v) is 7.03. The molecule has 0 bridgehead atoms. The number of alkyl carbamates (subject to hydrolysis) is 1. The molecule has 0 aliphatic carbocycles. The van der Waals surface area contributed by atoms with Gasteiger partial charge in [-0.05, 0) is 32.6 Å². The van der Waals surface area contributed by atoms with Crippen LogP contribution in [-0.4, -0.2) is 38.2 Å². The SMILES string of the molecule is CCOC(=O)NCCSP(=S)(OCC)OCC. The van der Waals surface area contributed by atoms with E-state index in [1.165, 1.54) is 11.4 Å². The number of rotatable bonds is 9. The highest BCUT2D eigenvalue weighted by molar-refractivity contribution is 8.67. The zero-order chi connectivity index (χ0) is 13.1. The first kappa shape index (κ1) is 17.2. The number of hydrogen-bond donors (Lipinski definition) is 1. The molecule has 0 heterocycles. The molecular weight excluding hydrogens is 281 g/mol. The van der Waals surface area contributed by atoms with Crippen LogP contribution in [0.15, 0.2) is 0 Å². The maximum absolute atomic E-state index is 11.0. The summed E-state index contributed by atoms with van der Waals surface area (Å²) in [6, 6.07) is 0. The molecule has 102 valence electrons. The number of hydrogen-bond acceptors (Lipinski definition) is 6. The summed E-state index contributed by atoms with van der Waals surface area (Å²) in [7, 11) is 0. The number of carbonyl (C=O) groups excluding carboxylic acids is 1. The van der Waals surface area contributed by atoms with E-state index in [0.717, 1.165) is 0 Å². The van der Waals surface area contributed by atoms with Crippen LogP contribution in [0.25, 0.3) is 0 Å². The molecule has 5 nitrogen and oxygen atoms in total. The van der Waals surface area contributed by atoms with Gasteiger partial charge in [0.25, 0.3) is 0 Å². The van der Waals surface area contributed by atoms with Crippen molar-refractivity contribution >= 4 is 35.0 Å². The van der Waals surface area contributed by atoms with E-state index in [-0.39, 0.29) is 0 Å². The van der Waals surface area contributed by atoms with E-state index in [1.807, 2.05) is 13.8 Å². The minimum Gasteiger partial charge on any atom is -0.450 e. The van der Waals surface area contributed by atoms with E-state index in [0.29, 0.717) is 32.1 Å². The number of amides is 1. The van der Waals surface area contributed by atoms with Crippen molar-refractivity contribution in [1.82, 2.24) is 5.32 Å². The largest absolute Gasteiger partial charge is 0.450 e. The Hall–Kier alpha value is 0.190. The van der Waals surface area contributed by atoms with Crippen molar-refractivity contribution in [1.29, 1.82) is 0 Å². The van der Waals surface area contributed by atoms with Crippen LogP contribution in [0.3, 0.4) is 0 Å². The zero-order valence-electron chi connectivity index (χ0n) is 10.4. The first-order valence-corrected chi connectivity index (χ1v) is 9.75. The predicted molar refractivity (Wildman–Crippen MR) is 75.0 cm³/mol. The Morgan fingerprint density at radius 2 is 1.82 bits per heavy atom. The average molecular weight is 301 g/mol. The van der Waals surface area contributed by atoms with Gasteiger partial charge in [0.2, 0.25) is 5.69 Å². The lowest BCUT2D eigenvalue weighted by Crippen LogP contribution is -2.26. The third-order valence-electron chi connectivity index (χ3n) is 1.47. The molecule has 1 N–H and O–H groups in total. The number of carbonyl (C=O) groups is 1. The van der Waals surface area contributed by atoms with E-state index < -0.39 is 11.8 Å². The summed E-state index contributed by atoms with van der Waals surface area (Å²) in [6.07, 6.45) is -0.408. The molecule has 0 aliphatic rings. The molecule has 0 aromatic carbocycles. The Kier molecular flexibility index (Phi) is 10.3. The van der Waals surface area contributed by atoms with Gasteiger partial charge in [-0.1, -0.05) is 11.4 Å². The van der Waals surface area contributed by atoms with Crippen molar-refractivity contribution in [2.45, 2.75) is 20.8 Å². The Bertz CT molecular complexity index is 255. The van der Waals surface area contributed by atoms with E-state index in [4.69, 9.17) is 25.6 Å². The maximum Gasteiger partial charge on any atom is 0.407 e. The van der Waals surface area contributed by atoms with Gasteiger partial charge < -0.3 is 19.1 Å². The van der Waals surface area contributed by atoms with Crippen LogP contribution in [0.5, 0.6) is 0 Å². The van der Waals surface area contributed by atoms with E-state index >= 15 is 0 Å². The number of nitrogens with one attached hydrogen (secondary N) is 1. The Morgan fingerprint density at radius 3 is 2.29 bits per heavy atom. The molecule has 8 heteroatoms. The molecule has 0 aromatic heterocycles. The quantitative estimate of drug-likeness (QED) is 0.522. The standard InChI is InChI=1S/C9H20NO4PS2/c1-4-12-9(11)10-7-8-17-15(16,13-5-2)14-6-3/h4-8H2,1-3H3,(H,10,11). The van der Waals surface area contributed by atoms with Crippen molar-refractivity contribution in [3.8, 4) is 0 Å². The van der Waals surface area contributed by atoms with Crippen molar-refractivity contribution in [3.05, 3.63) is 0 Å². The monoisotopic (exact) mass is 301 g/mol. The lowest BCUT2D eigenvalue weighted by atomic mass is 10.7. The van der Waals surface area contributed by atoms with Gasteiger partial charge in [-0.3, -0.25) is 0 Å². The second-order valence-electron chi connectivity index (χ2n) is 2.76. The highest BCUT2D eigenvalue weighted by Gasteiger charge is 2.18. The lowest BCUT2D eigenvalue weighted by molar-refractivity contribution is 0.153. The van der Waals surface area contributed by atoms with Gasteiger partial charge in [0, 0.05) is 12.3 Å². The van der Waals surface area contributed by atoms with E-state index in [9.17, 15) is 4.79 Å². The normalized spacial score (nSPS) is 11.2. The fourth-order valence-corrected chi connectivity index (χ4v) is 5.52. The Labute approximate surface area is 112 Å². The molecule has 0 fully saturated rings. The molecule has 1 amide bonds. The lowest BCUT2D eigenvalue weighted by Gasteiger charge is -2.19. The average Bonchev–Trinajstić information content (AvgIpc) is 2.26. The third kappa shape index (κ3) is 8.85. The molecule has 0 radical (unpaired) electrons. The fourth-order valence-electron chi connectivity index (χ4n) is 0.921. The van der Waals surface area contributed by atoms with E-state index in [1.54, 1.807) is 6.92 Å². The van der Waals surface area contributed by atoms with Crippen molar-refractivity contribution < 1.29 is 18.6 Å². The van der Waals surface area contributed by atoms with Gasteiger partial charge in [-0.2, -0.15) is 0 Å². The second-order valence-corrected chi connectivity index (χ2v) is 9.19. The van der Waals surface area contributed by atoms with Crippen molar-refractivity contribution in [2.75, 3.05) is 32.1 Å². The Morgan fingerprint density at radius 1 is 1.24 bits per heavy atom. The molecule has 0 saturated heterocycles. The summed E-state index contributed by atoms with van der Waals surface area (Å²) in [4.78, 5) is 11.0. The van der Waals surface area contributed by atoms with Crippen LogP contribution in [0, 0.1) is 0 Å². The van der Waals surface area contributed by atoms with Gasteiger partial charge in [0.15, 0.2) is 0 Å². The molecule has 0 aliphatic heterocycles. The molecule has 0 rings (SSSR count). The van der Waals surface area contributed by atoms with Crippen LogP contribution in [0.1, 0.15) is 20.8 Å². The fraction of sp³-hybridized carbons (Fsp3) is 0.889. The van der Waals surface area contributed by atoms with Crippen LogP contribution < -0.4 is 5.32 Å². The predicted octanol–water partition coefficient (Wildman–Crippen LogP) is 2.76. The van der Waals surface area contributed by atoms with Crippen LogP contribution in [-0.2, 0) is 25.6 Å². The maximum atomic E-state index is 11.0. The molecule has 0 spiro atoms. The first-order chi connectivity index (χ1) is 8.08. The zero-order valence-corrected chi connectivity index (χ0v) is 13.0. The van der Waals surface area contributed by atoms with Crippen molar-refractivity contribution in [3.63, 3.8) is 0 Å². The molecular formula is C9H20NO4PS2. The molecule has 0 atom stereocenters. The smallest absolute Gasteiger partial charge is 0.407 e. The minimum atomic E-state index is -2.24. The topological polar surface area (TPSA) is 56.8 Å². The minimum absolute atomic E-state index is 0.370. The summed E-state index contributed by atoms with van der Waals surface area (Å²) >= 11 is 6.76. The summed E-state index contributed by atoms with van der Waals surface area (Å²) in [6.45, 7) is 7.47. The summed E-state index contributed by atoms with van der Waals surface area (Å²) < 4.78 is 15.6. The van der Waals surface area contributed by atoms with Gasteiger partial charge in [0.05, 0.1) is 19.8 Å². The van der Waals surface area contributed by atoms with Gasteiger partial charge in [-0.15, -0.1) is 0 Å². The summed E-state index contributed by atoms with van der Waals surface area (Å²) in [5.74, 6) is 0.649. The number of ether oxygens (including phenoxy) is 1. The van der Waals surface area contributed by atoms with Gasteiger partial charge in [-0.25, -0.2) is 4.79 Å². The summed E-state index contributed by atoms with van der Waals surface area (Å²) in [5.41, 5.74) is -2.24. The van der Waals surface area contributed by atoms with E-state index in [2.05, 4.69) is 5.32 Å². The molecule has 17 heavy (non-hydrogen) atoms. The van der Waals surface area contributed by atoms with Crippen LogP contribution >= 0.6 is 17.1 Å². The highest BCUT2D eigenvalue weighted by Crippen LogP contribution is 2.60. The van der Waals surface area contributed by atoms with Crippen LogP contribution in [0.4, 0.5) is 4.79 Å². The molecule has 0 aromatic rings. The first-order valence-electron chi connectivity index (χ1n) is 5.52. The van der Waals surface area contributed by atoms with Crippen molar-refractivity contribution in [2.24, 2.45) is 0 Å². The van der Waals surface area contributed by atoms with Gasteiger partial charge in [0.1, 0.15) is 0 Å². The van der Waals surface area contributed by atoms with Crippen LogP contribution in [0.2, 0.25) is 0 Å². The van der Waals surface area contributed by atoms with Gasteiger partial charge >= 0.3 is 6.09 Å².